The number of carbonyl (C=O) groups is 2. The fourth-order valence-electron chi connectivity index (χ4n) is 0.962. The molecule has 1 aromatic heterocycles. The minimum Gasteiger partial charge on any atom is -0.366 e. The second kappa shape index (κ2) is 4.58. The predicted molar refractivity (Wildman–Crippen MR) is 60.1 cm³/mol. The lowest BCUT2D eigenvalue weighted by atomic mass is 10.0. The highest BCUT2D eigenvalue weighted by molar-refractivity contribution is 7.14. The second-order valence-corrected chi connectivity index (χ2v) is 4.60. The van der Waals surface area contributed by atoms with Crippen molar-refractivity contribution in [2.24, 2.45) is 11.5 Å². The Morgan fingerprint density at radius 1 is 1.39 bits per heavy atom. The molecule has 0 radical (unpaired) electrons. The van der Waals surface area contributed by atoms with Gasteiger partial charge < -0.3 is 16.8 Å². The number of amides is 2. The molecule has 5 nitrogen and oxygen atoms in total. The number of carbonyl (C=O) groups excluding carboxylic acids is 2. The average molecular weight is 281 g/mol. The van der Waals surface area contributed by atoms with Crippen LogP contribution in [0.25, 0.3) is 0 Å². The maximum atomic E-state index is 12.5. The summed E-state index contributed by atoms with van der Waals surface area (Å²) in [4.78, 5) is 22.4. The highest BCUT2D eigenvalue weighted by Gasteiger charge is 2.54. The summed E-state index contributed by atoms with van der Waals surface area (Å²) >= 11 is 0.877. The van der Waals surface area contributed by atoms with Crippen molar-refractivity contribution in [2.75, 3.05) is 5.32 Å². The van der Waals surface area contributed by atoms with E-state index in [1.54, 1.807) is 0 Å². The molecular weight excluding hydrogens is 271 g/mol. The van der Waals surface area contributed by atoms with Crippen LogP contribution in [-0.2, 0) is 4.79 Å². The Labute approximate surface area is 104 Å². The van der Waals surface area contributed by atoms with E-state index in [-0.39, 0.29) is 10.6 Å². The van der Waals surface area contributed by atoms with E-state index in [0.29, 0.717) is 6.92 Å². The standard InChI is InChI=1S/C9H10F3N3O2S/c1-8(14,9(10,11)12)7(17)15-6-4(5(13)16)2-3-18-6/h2-3H,14H2,1H3,(H2,13,16)(H,15,17). The second-order valence-electron chi connectivity index (χ2n) is 3.68. The molecule has 1 aromatic rings. The average Bonchev–Trinajstić information content (AvgIpc) is 2.63. The van der Waals surface area contributed by atoms with Crippen LogP contribution >= 0.6 is 11.3 Å². The van der Waals surface area contributed by atoms with Crippen LogP contribution in [0.4, 0.5) is 18.2 Å². The Hall–Kier alpha value is -1.61. The van der Waals surface area contributed by atoms with Crippen LogP contribution in [0, 0.1) is 0 Å². The van der Waals surface area contributed by atoms with Crippen molar-refractivity contribution in [3.8, 4) is 0 Å². The van der Waals surface area contributed by atoms with Crippen LogP contribution < -0.4 is 16.8 Å². The van der Waals surface area contributed by atoms with Gasteiger partial charge in [-0.2, -0.15) is 13.2 Å². The molecule has 1 heterocycles. The Morgan fingerprint density at radius 3 is 2.39 bits per heavy atom. The maximum absolute atomic E-state index is 12.5. The molecule has 0 spiro atoms. The zero-order chi connectivity index (χ0) is 14.1. The number of nitrogens with two attached hydrogens (primary N) is 2. The van der Waals surface area contributed by atoms with Gasteiger partial charge in [0.15, 0.2) is 5.54 Å². The van der Waals surface area contributed by atoms with Crippen LogP contribution in [0.5, 0.6) is 0 Å². The lowest BCUT2D eigenvalue weighted by Gasteiger charge is -2.25. The van der Waals surface area contributed by atoms with Gasteiger partial charge in [-0.3, -0.25) is 9.59 Å². The molecule has 0 bridgehead atoms. The van der Waals surface area contributed by atoms with Gasteiger partial charge in [0.05, 0.1) is 5.56 Å². The predicted octanol–water partition coefficient (Wildman–Crippen LogP) is 1.07. The molecule has 100 valence electrons. The number of hydrogen-bond donors (Lipinski definition) is 3. The third kappa shape index (κ3) is 2.62. The van der Waals surface area contributed by atoms with Gasteiger partial charge in [0, 0.05) is 0 Å². The van der Waals surface area contributed by atoms with E-state index in [2.05, 4.69) is 0 Å². The fraction of sp³-hybridized carbons (Fsp3) is 0.333. The lowest BCUT2D eigenvalue weighted by Crippen LogP contribution is -2.59. The number of nitrogens with one attached hydrogen (secondary N) is 1. The van der Waals surface area contributed by atoms with Crippen LogP contribution in [-0.4, -0.2) is 23.5 Å². The van der Waals surface area contributed by atoms with E-state index in [1.165, 1.54) is 11.4 Å². The quantitative estimate of drug-likeness (QED) is 0.772. The molecule has 1 rings (SSSR count). The van der Waals surface area contributed by atoms with Crippen LogP contribution in [0.1, 0.15) is 17.3 Å². The third-order valence-corrected chi connectivity index (χ3v) is 3.05. The molecule has 18 heavy (non-hydrogen) atoms. The number of halogens is 3. The lowest BCUT2D eigenvalue weighted by molar-refractivity contribution is -0.184. The van der Waals surface area contributed by atoms with E-state index in [1.807, 2.05) is 5.32 Å². The maximum Gasteiger partial charge on any atom is 0.415 e. The van der Waals surface area contributed by atoms with Crippen LogP contribution in [0.2, 0.25) is 0 Å². The molecule has 0 aromatic carbocycles. The summed E-state index contributed by atoms with van der Waals surface area (Å²) in [5.74, 6) is -2.31. The molecule has 0 fully saturated rings. The number of thiophene rings is 1. The number of hydrogen-bond acceptors (Lipinski definition) is 4. The van der Waals surface area contributed by atoms with Crippen molar-refractivity contribution in [3.63, 3.8) is 0 Å². The van der Waals surface area contributed by atoms with Crippen molar-refractivity contribution in [1.82, 2.24) is 0 Å². The Morgan fingerprint density at radius 2 is 1.94 bits per heavy atom. The number of anilines is 1. The molecule has 9 heteroatoms. The summed E-state index contributed by atoms with van der Waals surface area (Å²) in [6.07, 6.45) is -4.90. The molecular formula is C9H10F3N3O2S. The minimum absolute atomic E-state index is 0.0616. The molecule has 0 aliphatic carbocycles. The topological polar surface area (TPSA) is 98.2 Å². The first-order chi connectivity index (χ1) is 8.07. The smallest absolute Gasteiger partial charge is 0.366 e. The summed E-state index contributed by atoms with van der Waals surface area (Å²) < 4.78 is 37.5. The van der Waals surface area contributed by atoms with Gasteiger partial charge in [-0.25, -0.2) is 0 Å². The van der Waals surface area contributed by atoms with Crippen molar-refractivity contribution >= 4 is 28.2 Å². The Balaban J connectivity index is 2.95. The summed E-state index contributed by atoms with van der Waals surface area (Å²) in [5.41, 5.74) is 6.81. The van der Waals surface area contributed by atoms with Gasteiger partial charge in [-0.15, -0.1) is 11.3 Å². The van der Waals surface area contributed by atoms with E-state index in [9.17, 15) is 22.8 Å². The summed E-state index contributed by atoms with van der Waals surface area (Å²) in [6.45, 7) is 0.542. The van der Waals surface area contributed by atoms with E-state index in [0.717, 1.165) is 11.3 Å². The first-order valence-corrected chi connectivity index (χ1v) is 5.49. The monoisotopic (exact) mass is 281 g/mol. The van der Waals surface area contributed by atoms with Crippen molar-refractivity contribution in [3.05, 3.63) is 17.0 Å². The van der Waals surface area contributed by atoms with Gasteiger partial charge in [-0.05, 0) is 18.4 Å². The zero-order valence-corrected chi connectivity index (χ0v) is 9.98. The molecule has 0 aliphatic heterocycles. The largest absolute Gasteiger partial charge is 0.415 e. The third-order valence-electron chi connectivity index (χ3n) is 2.22. The molecule has 0 saturated heterocycles. The summed E-state index contributed by atoms with van der Waals surface area (Å²) in [5, 5.41) is 3.30. The van der Waals surface area contributed by atoms with Crippen LogP contribution in [0.15, 0.2) is 11.4 Å². The van der Waals surface area contributed by atoms with Gasteiger partial charge in [0.25, 0.3) is 11.8 Å². The van der Waals surface area contributed by atoms with Gasteiger partial charge >= 0.3 is 6.18 Å². The van der Waals surface area contributed by atoms with Gasteiger partial charge in [0.1, 0.15) is 5.00 Å². The van der Waals surface area contributed by atoms with Crippen molar-refractivity contribution in [2.45, 2.75) is 18.6 Å². The van der Waals surface area contributed by atoms with Crippen molar-refractivity contribution in [1.29, 1.82) is 0 Å². The van der Waals surface area contributed by atoms with E-state index in [4.69, 9.17) is 11.5 Å². The normalized spacial score (nSPS) is 14.9. The Kier molecular flexibility index (Phi) is 3.67. The highest BCUT2D eigenvalue weighted by atomic mass is 32.1. The van der Waals surface area contributed by atoms with E-state index >= 15 is 0 Å². The number of primary amides is 1. The highest BCUT2D eigenvalue weighted by Crippen LogP contribution is 2.30. The molecule has 1 unspecified atom stereocenters. The first-order valence-electron chi connectivity index (χ1n) is 4.61. The molecule has 0 aliphatic rings. The van der Waals surface area contributed by atoms with Crippen LogP contribution in [0.3, 0.4) is 0 Å². The SMILES string of the molecule is CC(N)(C(=O)Nc1sccc1C(N)=O)C(F)(F)F. The number of alkyl halides is 3. The van der Waals surface area contributed by atoms with Crippen molar-refractivity contribution < 1.29 is 22.8 Å². The molecule has 0 saturated carbocycles. The molecule has 5 N–H and O–H groups in total. The zero-order valence-electron chi connectivity index (χ0n) is 9.17. The summed E-state index contributed by atoms with van der Waals surface area (Å²) in [7, 11) is 0. The van der Waals surface area contributed by atoms with Gasteiger partial charge in [0.2, 0.25) is 0 Å². The Bertz CT molecular complexity index is 482. The molecule has 1 atom stereocenters. The summed E-state index contributed by atoms with van der Waals surface area (Å²) in [6, 6.07) is 1.30. The van der Waals surface area contributed by atoms with Gasteiger partial charge in [-0.1, -0.05) is 0 Å². The first kappa shape index (κ1) is 14.5. The van der Waals surface area contributed by atoms with E-state index < -0.39 is 23.5 Å². The number of rotatable bonds is 3. The molecule has 2 amide bonds. The fourth-order valence-corrected chi connectivity index (χ4v) is 1.75. The minimum atomic E-state index is -4.90.